The van der Waals surface area contributed by atoms with Gasteiger partial charge in [-0.25, -0.2) is 9.18 Å². The largest absolute Gasteiger partial charge is 0.352 e. The van der Waals surface area contributed by atoms with E-state index in [0.717, 1.165) is 20.4 Å². The number of carbonyl (C=O) groups excluding carboxylic acids is 1. The Morgan fingerprint density at radius 3 is 2.41 bits per heavy atom. The van der Waals surface area contributed by atoms with Crippen LogP contribution < -0.4 is 16.6 Å². The number of aromatic nitrogens is 4. The van der Waals surface area contributed by atoms with E-state index in [1.54, 1.807) is 43.6 Å². The van der Waals surface area contributed by atoms with Crippen LogP contribution in [-0.2, 0) is 13.1 Å². The predicted molar refractivity (Wildman–Crippen MR) is 125 cm³/mol. The van der Waals surface area contributed by atoms with Gasteiger partial charge in [-0.15, -0.1) is 0 Å². The van der Waals surface area contributed by atoms with E-state index in [1.807, 2.05) is 0 Å². The topological polar surface area (TPSA) is 98.9 Å². The highest BCUT2D eigenvalue weighted by molar-refractivity contribution is 6.31. The maximum atomic E-state index is 13.3. The van der Waals surface area contributed by atoms with Crippen molar-refractivity contribution in [1.29, 1.82) is 0 Å². The molecular weight excluding hydrogens is 461 g/mol. The Labute approximate surface area is 198 Å². The first-order chi connectivity index (χ1) is 16.3. The van der Waals surface area contributed by atoms with Gasteiger partial charge in [0.1, 0.15) is 5.82 Å². The van der Waals surface area contributed by atoms with Crippen molar-refractivity contribution in [2.75, 3.05) is 0 Å². The summed E-state index contributed by atoms with van der Waals surface area (Å²) in [5, 5.41) is 7.10. The molecule has 4 rings (SSSR count). The molecule has 0 unspecified atom stereocenters. The first kappa shape index (κ1) is 23.1. The Morgan fingerprint density at radius 1 is 1.03 bits per heavy atom. The summed E-state index contributed by atoms with van der Waals surface area (Å²) >= 11 is 6.22. The number of halogens is 2. The van der Waals surface area contributed by atoms with E-state index in [2.05, 4.69) is 15.4 Å². The Hall–Kier alpha value is -4.11. The van der Waals surface area contributed by atoms with Gasteiger partial charge in [-0.2, -0.15) is 9.78 Å². The van der Waals surface area contributed by atoms with Gasteiger partial charge in [0.15, 0.2) is 0 Å². The van der Waals surface area contributed by atoms with Gasteiger partial charge in [-0.1, -0.05) is 29.8 Å². The maximum absolute atomic E-state index is 13.3. The number of nitrogens with zero attached hydrogens (tertiary/aromatic N) is 4. The Kier molecular flexibility index (Phi) is 6.65. The normalized spacial score (nSPS) is 10.8. The second kappa shape index (κ2) is 9.80. The van der Waals surface area contributed by atoms with Crippen molar-refractivity contribution in [1.82, 2.24) is 24.6 Å². The van der Waals surface area contributed by atoms with E-state index in [-0.39, 0.29) is 18.8 Å². The smallest absolute Gasteiger partial charge is 0.346 e. The van der Waals surface area contributed by atoms with Crippen LogP contribution in [0.25, 0.3) is 5.69 Å². The lowest BCUT2D eigenvalue weighted by Gasteiger charge is -2.13. The van der Waals surface area contributed by atoms with Gasteiger partial charge in [0.25, 0.3) is 11.5 Å². The van der Waals surface area contributed by atoms with Gasteiger partial charge < -0.3 is 5.32 Å². The summed E-state index contributed by atoms with van der Waals surface area (Å²) in [6, 6.07) is 13.6. The third-order valence-electron chi connectivity index (χ3n) is 5.13. The monoisotopic (exact) mass is 479 g/mol. The zero-order valence-corrected chi connectivity index (χ0v) is 18.8. The molecule has 0 atom stereocenters. The van der Waals surface area contributed by atoms with Crippen LogP contribution in [0.2, 0.25) is 5.02 Å². The van der Waals surface area contributed by atoms with E-state index < -0.39 is 28.7 Å². The molecule has 0 aliphatic rings. The molecule has 10 heteroatoms. The summed E-state index contributed by atoms with van der Waals surface area (Å²) in [4.78, 5) is 43.2. The van der Waals surface area contributed by atoms with E-state index in [0.29, 0.717) is 10.6 Å². The van der Waals surface area contributed by atoms with Crippen molar-refractivity contribution in [2.24, 2.45) is 0 Å². The minimum atomic E-state index is -0.865. The van der Waals surface area contributed by atoms with Crippen molar-refractivity contribution in [3.63, 3.8) is 0 Å². The van der Waals surface area contributed by atoms with E-state index in [9.17, 15) is 18.8 Å². The lowest BCUT2D eigenvalue weighted by molar-refractivity contribution is 0.0941. The lowest BCUT2D eigenvalue weighted by atomic mass is 10.2. The van der Waals surface area contributed by atoms with Crippen LogP contribution in [0.15, 0.2) is 76.6 Å². The average molecular weight is 480 g/mol. The number of hydrogen-bond donors (Lipinski definition) is 1. The quantitative estimate of drug-likeness (QED) is 0.458. The molecule has 1 N–H and O–H groups in total. The Balaban J connectivity index is 1.80. The fourth-order valence-corrected chi connectivity index (χ4v) is 3.39. The molecule has 0 aliphatic carbocycles. The molecule has 2 aromatic heterocycles. The minimum Gasteiger partial charge on any atom is -0.346 e. The first-order valence-electron chi connectivity index (χ1n) is 10.3. The molecular formula is C24H19ClFN5O3. The van der Waals surface area contributed by atoms with Gasteiger partial charge in [0.2, 0.25) is 5.69 Å². The molecule has 0 saturated carbocycles. The van der Waals surface area contributed by atoms with Crippen LogP contribution in [-0.4, -0.2) is 25.2 Å². The van der Waals surface area contributed by atoms with Crippen LogP contribution in [0.3, 0.4) is 0 Å². The van der Waals surface area contributed by atoms with Crippen molar-refractivity contribution >= 4 is 17.5 Å². The second-order valence-corrected chi connectivity index (χ2v) is 7.94. The fraction of sp³-hybridized carbons (Fsp3) is 0.125. The Morgan fingerprint density at radius 2 is 1.74 bits per heavy atom. The summed E-state index contributed by atoms with van der Waals surface area (Å²) in [6.07, 6.45) is 3.16. The van der Waals surface area contributed by atoms with Gasteiger partial charge in [0, 0.05) is 24.0 Å². The molecule has 0 fully saturated rings. The Bertz CT molecular complexity index is 1470. The molecule has 0 bridgehead atoms. The third kappa shape index (κ3) is 4.94. The molecule has 0 radical (unpaired) electrons. The van der Waals surface area contributed by atoms with Crippen LogP contribution in [0.1, 0.15) is 27.2 Å². The molecule has 2 heterocycles. The van der Waals surface area contributed by atoms with Crippen molar-refractivity contribution in [3.05, 3.63) is 121 Å². The van der Waals surface area contributed by atoms with E-state index in [4.69, 9.17) is 11.6 Å². The average Bonchev–Trinajstić information content (AvgIpc) is 2.84. The van der Waals surface area contributed by atoms with Crippen LogP contribution in [0.4, 0.5) is 4.39 Å². The SMILES string of the molecule is Cc1ccc(-n2nc(C(=O)NCc3ccncc3)c(=O)n(Cc3ccc(F)cc3)c2=O)cc1Cl. The zero-order valence-electron chi connectivity index (χ0n) is 18.0. The number of aryl methyl sites for hydroxylation is 1. The maximum Gasteiger partial charge on any atom is 0.352 e. The first-order valence-corrected chi connectivity index (χ1v) is 10.6. The van der Waals surface area contributed by atoms with Crippen LogP contribution in [0.5, 0.6) is 0 Å². The van der Waals surface area contributed by atoms with Gasteiger partial charge in [-0.3, -0.25) is 19.1 Å². The minimum absolute atomic E-state index is 0.135. The molecule has 8 nitrogen and oxygen atoms in total. The second-order valence-electron chi connectivity index (χ2n) is 7.53. The number of amides is 1. The van der Waals surface area contributed by atoms with Crippen molar-refractivity contribution < 1.29 is 9.18 Å². The number of pyridine rings is 1. The molecule has 34 heavy (non-hydrogen) atoms. The zero-order chi connectivity index (χ0) is 24.2. The molecule has 1 amide bonds. The van der Waals surface area contributed by atoms with Crippen LogP contribution >= 0.6 is 11.6 Å². The third-order valence-corrected chi connectivity index (χ3v) is 5.54. The number of rotatable bonds is 6. The summed E-state index contributed by atoms with van der Waals surface area (Å²) in [5.74, 6) is -1.20. The van der Waals surface area contributed by atoms with Gasteiger partial charge in [0.05, 0.1) is 12.2 Å². The van der Waals surface area contributed by atoms with Crippen LogP contribution in [0, 0.1) is 12.7 Å². The lowest BCUT2D eigenvalue weighted by Crippen LogP contribution is -2.46. The van der Waals surface area contributed by atoms with Gasteiger partial charge in [-0.05, 0) is 60.0 Å². The molecule has 2 aromatic carbocycles. The predicted octanol–water partition coefficient (Wildman–Crippen LogP) is 2.87. The van der Waals surface area contributed by atoms with E-state index >= 15 is 0 Å². The van der Waals surface area contributed by atoms with Crippen molar-refractivity contribution in [3.8, 4) is 5.69 Å². The summed E-state index contributed by atoms with van der Waals surface area (Å²) in [7, 11) is 0. The molecule has 0 spiro atoms. The summed E-state index contributed by atoms with van der Waals surface area (Å²) < 4.78 is 15.2. The summed E-state index contributed by atoms with van der Waals surface area (Å²) in [5.41, 5.74) is 0.255. The molecule has 0 saturated heterocycles. The highest BCUT2D eigenvalue weighted by Gasteiger charge is 2.21. The highest BCUT2D eigenvalue weighted by atomic mass is 35.5. The highest BCUT2D eigenvalue weighted by Crippen LogP contribution is 2.18. The van der Waals surface area contributed by atoms with E-state index in [1.165, 1.54) is 30.3 Å². The molecule has 172 valence electrons. The van der Waals surface area contributed by atoms with Gasteiger partial charge >= 0.3 is 5.69 Å². The molecule has 0 aliphatic heterocycles. The molecule has 4 aromatic rings. The number of nitrogens with one attached hydrogen (secondary N) is 1. The number of hydrogen-bond acceptors (Lipinski definition) is 5. The fourth-order valence-electron chi connectivity index (χ4n) is 3.22. The van der Waals surface area contributed by atoms with Crippen molar-refractivity contribution in [2.45, 2.75) is 20.0 Å². The standard InChI is InChI=1S/C24H19ClFN5O3/c1-15-2-7-19(12-20(15)25)31-24(34)30(14-17-3-5-18(26)6-4-17)23(33)21(29-31)22(32)28-13-16-8-10-27-11-9-16/h2-12H,13-14H2,1H3,(H,28,32). The number of carbonyl (C=O) groups is 1. The summed E-state index contributed by atoms with van der Waals surface area (Å²) in [6.45, 7) is 1.76. The number of benzene rings is 2.